The van der Waals surface area contributed by atoms with E-state index in [-0.39, 0.29) is 18.0 Å². The molecular weight excluding hydrogens is 426 g/mol. The van der Waals surface area contributed by atoms with Crippen LogP contribution in [0.25, 0.3) is 11.3 Å². The molecule has 1 aromatic heterocycles. The second-order valence-corrected chi connectivity index (χ2v) is 6.98. The van der Waals surface area contributed by atoms with Crippen LogP contribution in [0.4, 0.5) is 5.69 Å². The third-order valence-electron chi connectivity index (χ3n) is 4.41. The number of hydrogen-bond acceptors (Lipinski definition) is 7. The summed E-state index contributed by atoms with van der Waals surface area (Å²) in [6, 6.07) is 12.6. The topological polar surface area (TPSA) is 116 Å². The van der Waals surface area contributed by atoms with E-state index in [1.807, 2.05) is 0 Å². The summed E-state index contributed by atoms with van der Waals surface area (Å²) >= 11 is 6.12. The molecule has 3 aromatic rings. The van der Waals surface area contributed by atoms with Gasteiger partial charge in [0.2, 0.25) is 5.91 Å². The lowest BCUT2D eigenvalue weighted by Crippen LogP contribution is -2.20. The second kappa shape index (κ2) is 8.88. The van der Waals surface area contributed by atoms with Crippen molar-refractivity contribution in [2.75, 3.05) is 13.2 Å². The lowest BCUT2D eigenvalue weighted by molar-refractivity contribution is -0.384. The molecular formula is C21H16ClN3O6. The van der Waals surface area contributed by atoms with Gasteiger partial charge in [-0.2, -0.15) is 5.10 Å². The van der Waals surface area contributed by atoms with Crippen LogP contribution in [0.1, 0.15) is 11.3 Å². The van der Waals surface area contributed by atoms with Gasteiger partial charge >= 0.3 is 0 Å². The highest BCUT2D eigenvalue weighted by molar-refractivity contribution is 6.33. The molecule has 1 aliphatic rings. The predicted octanol–water partition coefficient (Wildman–Crippen LogP) is 3.97. The summed E-state index contributed by atoms with van der Waals surface area (Å²) in [7, 11) is 0. The zero-order valence-corrected chi connectivity index (χ0v) is 16.8. The van der Waals surface area contributed by atoms with Crippen molar-refractivity contribution >= 4 is 29.4 Å². The van der Waals surface area contributed by atoms with Gasteiger partial charge in [0, 0.05) is 17.7 Å². The van der Waals surface area contributed by atoms with Gasteiger partial charge in [0.25, 0.3) is 5.69 Å². The van der Waals surface area contributed by atoms with Crippen LogP contribution in [0.5, 0.6) is 11.5 Å². The van der Waals surface area contributed by atoms with Crippen LogP contribution in [0.2, 0.25) is 5.02 Å². The van der Waals surface area contributed by atoms with Gasteiger partial charge in [0.05, 0.1) is 22.6 Å². The Labute approximate surface area is 181 Å². The number of hydrazone groups is 1. The summed E-state index contributed by atoms with van der Waals surface area (Å²) in [5.41, 5.74) is 3.48. The maximum absolute atomic E-state index is 12.1. The fourth-order valence-electron chi connectivity index (χ4n) is 2.97. The van der Waals surface area contributed by atoms with Gasteiger partial charge in [-0.05, 0) is 35.9 Å². The number of halogens is 1. The Bertz CT molecular complexity index is 1170. The molecule has 0 atom stereocenters. The molecule has 0 bridgehead atoms. The van der Waals surface area contributed by atoms with Gasteiger partial charge in [0.1, 0.15) is 24.7 Å². The molecule has 0 saturated heterocycles. The number of furan rings is 1. The van der Waals surface area contributed by atoms with Crippen molar-refractivity contribution in [2.45, 2.75) is 6.42 Å². The van der Waals surface area contributed by atoms with Gasteiger partial charge in [-0.15, -0.1) is 0 Å². The van der Waals surface area contributed by atoms with Crippen molar-refractivity contribution in [3.8, 4) is 22.8 Å². The van der Waals surface area contributed by atoms with E-state index in [0.29, 0.717) is 46.8 Å². The first kappa shape index (κ1) is 20.4. The smallest absolute Gasteiger partial charge is 0.270 e. The van der Waals surface area contributed by atoms with E-state index in [0.717, 1.165) is 5.56 Å². The molecule has 0 unspecified atom stereocenters. The third kappa shape index (κ3) is 4.84. The molecule has 10 heteroatoms. The molecule has 158 valence electrons. The summed E-state index contributed by atoms with van der Waals surface area (Å²) in [5, 5.41) is 15.2. The Morgan fingerprint density at radius 2 is 1.94 bits per heavy atom. The van der Waals surface area contributed by atoms with E-state index < -0.39 is 4.92 Å². The number of nitrogens with one attached hydrogen (secondary N) is 1. The second-order valence-electron chi connectivity index (χ2n) is 6.57. The third-order valence-corrected chi connectivity index (χ3v) is 4.73. The first-order valence-corrected chi connectivity index (χ1v) is 9.62. The van der Waals surface area contributed by atoms with E-state index >= 15 is 0 Å². The van der Waals surface area contributed by atoms with Gasteiger partial charge in [-0.1, -0.05) is 17.7 Å². The molecule has 0 aliphatic carbocycles. The predicted molar refractivity (Wildman–Crippen MR) is 113 cm³/mol. The lowest BCUT2D eigenvalue weighted by Gasteiger charge is -2.18. The molecule has 4 rings (SSSR count). The van der Waals surface area contributed by atoms with Crippen molar-refractivity contribution < 1.29 is 23.6 Å². The van der Waals surface area contributed by atoms with Gasteiger partial charge in [-0.25, -0.2) is 5.43 Å². The average molecular weight is 442 g/mol. The molecule has 0 spiro atoms. The van der Waals surface area contributed by atoms with Crippen LogP contribution in [0.3, 0.4) is 0 Å². The molecule has 31 heavy (non-hydrogen) atoms. The summed E-state index contributed by atoms with van der Waals surface area (Å²) in [5.74, 6) is 1.64. The van der Waals surface area contributed by atoms with Gasteiger partial charge in [0.15, 0.2) is 11.5 Å². The lowest BCUT2D eigenvalue weighted by atomic mass is 10.1. The molecule has 0 fully saturated rings. The summed E-state index contributed by atoms with van der Waals surface area (Å²) in [6.07, 6.45) is 1.44. The monoisotopic (exact) mass is 441 g/mol. The maximum atomic E-state index is 12.1. The number of carbonyl (C=O) groups is 1. The number of hydrogen-bond donors (Lipinski definition) is 1. The zero-order chi connectivity index (χ0) is 21.8. The number of rotatable bonds is 6. The molecule has 2 heterocycles. The van der Waals surface area contributed by atoms with Crippen molar-refractivity contribution in [1.29, 1.82) is 0 Å². The van der Waals surface area contributed by atoms with E-state index in [2.05, 4.69) is 10.5 Å². The highest BCUT2D eigenvalue weighted by atomic mass is 35.5. The van der Waals surface area contributed by atoms with Gasteiger partial charge in [-0.3, -0.25) is 14.9 Å². The van der Waals surface area contributed by atoms with Crippen LogP contribution in [-0.2, 0) is 11.2 Å². The Kier molecular flexibility index (Phi) is 5.85. The Hall–Kier alpha value is -3.85. The molecule has 0 radical (unpaired) electrons. The number of carbonyl (C=O) groups excluding carboxylic acids is 1. The van der Waals surface area contributed by atoms with Crippen LogP contribution in [0, 0.1) is 10.1 Å². The minimum atomic E-state index is -0.512. The normalized spacial score (nSPS) is 12.7. The van der Waals surface area contributed by atoms with Gasteiger partial charge < -0.3 is 13.9 Å². The largest absolute Gasteiger partial charge is 0.486 e. The first-order valence-electron chi connectivity index (χ1n) is 9.24. The first-order chi connectivity index (χ1) is 15.0. The molecule has 1 aliphatic heterocycles. The minimum absolute atomic E-state index is 0.0996. The van der Waals surface area contributed by atoms with E-state index in [4.69, 9.17) is 25.5 Å². The SMILES string of the molecule is O=C(Cc1ccc2c(c1)OCCO2)N/N=C\c1ccc(-c2cc([N+](=O)[O-])ccc2Cl)o1. The van der Waals surface area contributed by atoms with E-state index in [9.17, 15) is 14.9 Å². The number of amides is 1. The van der Waals surface area contributed by atoms with Crippen LogP contribution in [0.15, 0.2) is 58.0 Å². The van der Waals surface area contributed by atoms with E-state index in [1.54, 1.807) is 30.3 Å². The Morgan fingerprint density at radius 1 is 1.13 bits per heavy atom. The number of fused-ring (bicyclic) bond motifs is 1. The quantitative estimate of drug-likeness (QED) is 0.351. The summed E-state index contributed by atoms with van der Waals surface area (Å²) < 4.78 is 16.6. The molecule has 1 N–H and O–H groups in total. The number of nitro benzene ring substituents is 1. The molecule has 1 amide bonds. The standard InChI is InChI=1S/C21H16ClN3O6/c22-17-4-2-14(25(27)28)11-16(17)18-6-3-15(31-18)12-23-24-21(26)10-13-1-5-19-20(9-13)30-8-7-29-19/h1-6,9,11-12H,7-8,10H2,(H,24,26)/b23-12-. The molecule has 0 saturated carbocycles. The Morgan fingerprint density at radius 3 is 2.74 bits per heavy atom. The van der Waals surface area contributed by atoms with Crippen LogP contribution in [-0.4, -0.2) is 30.3 Å². The number of benzene rings is 2. The summed E-state index contributed by atoms with van der Waals surface area (Å²) in [6.45, 7) is 0.975. The zero-order valence-electron chi connectivity index (χ0n) is 16.0. The number of non-ortho nitro benzene ring substituents is 1. The molecule has 2 aromatic carbocycles. The maximum Gasteiger partial charge on any atom is 0.270 e. The Balaban J connectivity index is 1.38. The van der Waals surface area contributed by atoms with E-state index in [1.165, 1.54) is 24.4 Å². The minimum Gasteiger partial charge on any atom is -0.486 e. The average Bonchev–Trinajstić information content (AvgIpc) is 3.22. The molecule has 9 nitrogen and oxygen atoms in total. The number of nitro groups is 1. The highest BCUT2D eigenvalue weighted by Crippen LogP contribution is 2.32. The number of nitrogens with zero attached hydrogens (tertiary/aromatic N) is 2. The summed E-state index contributed by atoms with van der Waals surface area (Å²) in [4.78, 5) is 22.6. The number of ether oxygens (including phenoxy) is 2. The van der Waals surface area contributed by atoms with Crippen molar-refractivity contribution in [3.63, 3.8) is 0 Å². The van der Waals surface area contributed by atoms with Crippen LogP contribution < -0.4 is 14.9 Å². The van der Waals surface area contributed by atoms with Crippen molar-refractivity contribution in [2.24, 2.45) is 5.10 Å². The highest BCUT2D eigenvalue weighted by Gasteiger charge is 2.15. The van der Waals surface area contributed by atoms with Crippen LogP contribution >= 0.6 is 11.6 Å². The fourth-order valence-corrected chi connectivity index (χ4v) is 3.18. The van der Waals surface area contributed by atoms with Crippen molar-refractivity contribution in [3.05, 3.63) is 75.0 Å². The van der Waals surface area contributed by atoms with Crippen molar-refractivity contribution in [1.82, 2.24) is 5.43 Å². The fraction of sp³-hybridized carbons (Fsp3) is 0.143.